The Kier molecular flexibility index (Phi) is 5.42. The molecule has 1 aliphatic heterocycles. The van der Waals surface area contributed by atoms with Crippen LogP contribution in [0.1, 0.15) is 40.5 Å². The summed E-state index contributed by atoms with van der Waals surface area (Å²) < 4.78 is 5.60. The predicted octanol–water partition coefficient (Wildman–Crippen LogP) is 2.12. The Morgan fingerprint density at radius 1 is 1.29 bits per heavy atom. The minimum atomic E-state index is 0.182. The fourth-order valence-corrected chi connectivity index (χ4v) is 2.74. The van der Waals surface area contributed by atoms with Crippen molar-refractivity contribution >= 4 is 0 Å². The second kappa shape index (κ2) is 6.17. The highest BCUT2D eigenvalue weighted by atomic mass is 16.5. The summed E-state index contributed by atoms with van der Waals surface area (Å²) in [5.41, 5.74) is 0.588. The maximum absolute atomic E-state index is 5.60. The van der Waals surface area contributed by atoms with Crippen molar-refractivity contribution < 1.29 is 4.74 Å². The molecule has 1 saturated heterocycles. The van der Waals surface area contributed by atoms with E-state index in [4.69, 9.17) is 4.74 Å². The summed E-state index contributed by atoms with van der Waals surface area (Å²) in [6.07, 6.45) is 2.47. The van der Waals surface area contributed by atoms with E-state index in [1.807, 2.05) is 0 Å². The number of morpholine rings is 1. The molecule has 0 saturated carbocycles. The summed E-state index contributed by atoms with van der Waals surface area (Å²) >= 11 is 0. The van der Waals surface area contributed by atoms with Gasteiger partial charge in [0.15, 0.2) is 0 Å². The van der Waals surface area contributed by atoms with Crippen LogP contribution in [0.2, 0.25) is 0 Å². The van der Waals surface area contributed by atoms with Gasteiger partial charge in [0.2, 0.25) is 0 Å². The van der Waals surface area contributed by atoms with Crippen molar-refractivity contribution in [3.05, 3.63) is 0 Å². The molecule has 0 aliphatic carbocycles. The normalized spacial score (nSPS) is 21.7. The highest BCUT2D eigenvalue weighted by molar-refractivity contribution is 4.90. The maximum atomic E-state index is 5.60. The van der Waals surface area contributed by atoms with Gasteiger partial charge in [0.25, 0.3) is 0 Å². The van der Waals surface area contributed by atoms with Crippen LogP contribution in [0.15, 0.2) is 0 Å². The Hall–Kier alpha value is -0.120. The molecule has 0 unspecified atom stereocenters. The summed E-state index contributed by atoms with van der Waals surface area (Å²) in [5, 5.41) is 3.37. The van der Waals surface area contributed by atoms with Crippen molar-refractivity contribution in [1.82, 2.24) is 10.2 Å². The average Bonchev–Trinajstić information content (AvgIpc) is 2.31. The first kappa shape index (κ1) is 14.9. The van der Waals surface area contributed by atoms with Gasteiger partial charge in [-0.25, -0.2) is 0 Å². The van der Waals surface area contributed by atoms with Gasteiger partial charge in [-0.3, -0.25) is 4.90 Å². The quantitative estimate of drug-likeness (QED) is 0.772. The zero-order chi connectivity index (χ0) is 12.9. The van der Waals surface area contributed by atoms with E-state index in [0.717, 1.165) is 26.3 Å². The molecule has 0 aromatic carbocycles. The van der Waals surface area contributed by atoms with Crippen molar-refractivity contribution in [2.45, 2.75) is 46.1 Å². The van der Waals surface area contributed by atoms with Gasteiger partial charge in [-0.2, -0.15) is 0 Å². The summed E-state index contributed by atoms with van der Waals surface area (Å²) in [7, 11) is 2.06. The summed E-state index contributed by atoms with van der Waals surface area (Å²) in [5.74, 6) is 0. The lowest BCUT2D eigenvalue weighted by Gasteiger charge is -2.47. The third-order valence-electron chi connectivity index (χ3n) is 4.39. The topological polar surface area (TPSA) is 24.5 Å². The number of nitrogens with one attached hydrogen (secondary N) is 1. The molecule has 0 aromatic rings. The van der Waals surface area contributed by atoms with Crippen LogP contribution in [0, 0.1) is 5.41 Å². The van der Waals surface area contributed by atoms with Crippen molar-refractivity contribution in [3.63, 3.8) is 0 Å². The van der Waals surface area contributed by atoms with Crippen molar-refractivity contribution in [2.24, 2.45) is 5.41 Å². The van der Waals surface area contributed by atoms with E-state index in [-0.39, 0.29) is 5.54 Å². The predicted molar refractivity (Wildman–Crippen MR) is 73.4 cm³/mol. The number of rotatable bonds is 6. The lowest BCUT2D eigenvalue weighted by Crippen LogP contribution is -2.57. The van der Waals surface area contributed by atoms with Gasteiger partial charge >= 0.3 is 0 Å². The van der Waals surface area contributed by atoms with Crippen LogP contribution in [-0.2, 0) is 4.74 Å². The van der Waals surface area contributed by atoms with Gasteiger partial charge < -0.3 is 10.1 Å². The van der Waals surface area contributed by atoms with Gasteiger partial charge in [0.05, 0.1) is 13.2 Å². The number of ether oxygens (including phenoxy) is 1. The molecular formula is C14H30N2O. The van der Waals surface area contributed by atoms with E-state index in [1.54, 1.807) is 0 Å². The highest BCUT2D eigenvalue weighted by Gasteiger charge is 2.36. The molecule has 0 bridgehead atoms. The third-order valence-corrected chi connectivity index (χ3v) is 4.39. The molecule has 1 N–H and O–H groups in total. The van der Waals surface area contributed by atoms with Crippen LogP contribution in [0.5, 0.6) is 0 Å². The molecule has 1 fully saturated rings. The Labute approximate surface area is 107 Å². The molecule has 1 aliphatic rings. The number of hydrogen-bond donors (Lipinski definition) is 1. The van der Waals surface area contributed by atoms with Crippen LogP contribution >= 0.6 is 0 Å². The Morgan fingerprint density at radius 3 is 2.41 bits per heavy atom. The van der Waals surface area contributed by atoms with Crippen molar-refractivity contribution in [1.29, 1.82) is 0 Å². The fraction of sp³-hybridized carbons (Fsp3) is 1.00. The molecule has 0 radical (unpaired) electrons. The minimum absolute atomic E-state index is 0.182. The minimum Gasteiger partial charge on any atom is -0.378 e. The standard InChI is InChI=1S/C14H30N2O/c1-6-14(7-2,10-15-5)11-16-8-9-17-12-13(16,3)4/h15H,6-12H2,1-5H3. The first-order valence-electron chi connectivity index (χ1n) is 6.97. The largest absolute Gasteiger partial charge is 0.378 e. The van der Waals surface area contributed by atoms with Crippen molar-refractivity contribution in [3.8, 4) is 0 Å². The van der Waals surface area contributed by atoms with Crippen LogP contribution in [0.25, 0.3) is 0 Å². The Bertz CT molecular complexity index is 224. The molecule has 1 rings (SSSR count). The molecule has 0 aromatic heterocycles. The van der Waals surface area contributed by atoms with Gasteiger partial charge in [0.1, 0.15) is 0 Å². The third kappa shape index (κ3) is 3.67. The zero-order valence-corrected chi connectivity index (χ0v) is 12.3. The van der Waals surface area contributed by atoms with Crippen molar-refractivity contribution in [2.75, 3.05) is 39.9 Å². The van der Waals surface area contributed by atoms with E-state index in [9.17, 15) is 0 Å². The number of nitrogens with zero attached hydrogens (tertiary/aromatic N) is 1. The van der Waals surface area contributed by atoms with E-state index in [1.165, 1.54) is 19.4 Å². The molecule has 0 spiro atoms. The maximum Gasteiger partial charge on any atom is 0.0645 e. The summed E-state index contributed by atoms with van der Waals surface area (Å²) in [6.45, 7) is 14.3. The second-order valence-corrected chi connectivity index (χ2v) is 6.02. The van der Waals surface area contributed by atoms with E-state index in [0.29, 0.717) is 5.41 Å². The van der Waals surface area contributed by atoms with E-state index >= 15 is 0 Å². The first-order valence-corrected chi connectivity index (χ1v) is 6.97. The lowest BCUT2D eigenvalue weighted by atomic mass is 9.80. The monoisotopic (exact) mass is 242 g/mol. The number of hydrogen-bond acceptors (Lipinski definition) is 3. The van der Waals surface area contributed by atoms with Gasteiger partial charge in [-0.15, -0.1) is 0 Å². The lowest BCUT2D eigenvalue weighted by molar-refractivity contribution is -0.0691. The van der Waals surface area contributed by atoms with Crippen LogP contribution in [0.3, 0.4) is 0 Å². The Morgan fingerprint density at radius 2 is 1.94 bits per heavy atom. The van der Waals surface area contributed by atoms with Crippen LogP contribution < -0.4 is 5.32 Å². The highest BCUT2D eigenvalue weighted by Crippen LogP contribution is 2.31. The average molecular weight is 242 g/mol. The second-order valence-electron chi connectivity index (χ2n) is 6.02. The van der Waals surface area contributed by atoms with Gasteiger partial charge in [0, 0.05) is 25.2 Å². The summed E-state index contributed by atoms with van der Waals surface area (Å²) in [4.78, 5) is 2.61. The SMILES string of the molecule is CCC(CC)(CNC)CN1CCOCC1(C)C. The van der Waals surface area contributed by atoms with Gasteiger partial charge in [-0.05, 0) is 39.2 Å². The molecular weight excluding hydrogens is 212 g/mol. The van der Waals surface area contributed by atoms with Crippen LogP contribution in [-0.4, -0.2) is 50.3 Å². The molecule has 1 heterocycles. The van der Waals surface area contributed by atoms with Crippen LogP contribution in [0.4, 0.5) is 0 Å². The summed E-state index contributed by atoms with van der Waals surface area (Å²) in [6, 6.07) is 0. The van der Waals surface area contributed by atoms with E-state index < -0.39 is 0 Å². The molecule has 102 valence electrons. The first-order chi connectivity index (χ1) is 7.99. The van der Waals surface area contributed by atoms with Gasteiger partial charge in [-0.1, -0.05) is 13.8 Å². The fourth-order valence-electron chi connectivity index (χ4n) is 2.74. The molecule has 0 amide bonds. The zero-order valence-electron chi connectivity index (χ0n) is 12.3. The smallest absolute Gasteiger partial charge is 0.0645 e. The van der Waals surface area contributed by atoms with E-state index in [2.05, 4.69) is 45.0 Å². The molecule has 3 heteroatoms. The Balaban J connectivity index is 2.71. The molecule has 0 atom stereocenters. The molecule has 17 heavy (non-hydrogen) atoms. The molecule has 3 nitrogen and oxygen atoms in total.